The highest BCUT2D eigenvalue weighted by atomic mass is 16.2. The average Bonchev–Trinajstić information content (AvgIpc) is 3.32. The largest absolute Gasteiger partial charge is 0.338 e. The summed E-state index contributed by atoms with van der Waals surface area (Å²) in [6, 6.07) is 9.50. The Labute approximate surface area is 145 Å². The highest BCUT2D eigenvalue weighted by Crippen LogP contribution is 2.08. The standard InChI is InChI=1S/C17H21N7O/c1-14(11-23-7-3-6-21-23)9-19-17(25)20-10-15-4-2-5-16(8-15)24-13-18-12-22-24/h2-8,12-14H,9-11H2,1H3,(H2,19,20,25)/t14-/m1/s1. The average molecular weight is 339 g/mol. The van der Waals surface area contributed by atoms with Crippen LogP contribution in [0.2, 0.25) is 0 Å². The van der Waals surface area contributed by atoms with Gasteiger partial charge in [0, 0.05) is 32.0 Å². The molecule has 2 heterocycles. The molecule has 0 spiro atoms. The summed E-state index contributed by atoms with van der Waals surface area (Å²) in [6.45, 7) is 3.88. The monoisotopic (exact) mass is 339 g/mol. The van der Waals surface area contributed by atoms with Crippen LogP contribution in [-0.4, -0.2) is 37.1 Å². The van der Waals surface area contributed by atoms with Crippen LogP contribution in [0, 0.1) is 5.92 Å². The van der Waals surface area contributed by atoms with Gasteiger partial charge in [-0.25, -0.2) is 14.5 Å². The summed E-state index contributed by atoms with van der Waals surface area (Å²) < 4.78 is 3.54. The predicted molar refractivity (Wildman–Crippen MR) is 93.0 cm³/mol. The van der Waals surface area contributed by atoms with Crippen molar-refractivity contribution < 1.29 is 4.79 Å². The van der Waals surface area contributed by atoms with E-state index < -0.39 is 0 Å². The van der Waals surface area contributed by atoms with E-state index in [1.54, 1.807) is 17.2 Å². The first-order chi connectivity index (χ1) is 12.2. The van der Waals surface area contributed by atoms with E-state index in [0.717, 1.165) is 17.8 Å². The van der Waals surface area contributed by atoms with Gasteiger partial charge in [-0.2, -0.15) is 10.2 Å². The van der Waals surface area contributed by atoms with Gasteiger partial charge in [0.05, 0.1) is 5.69 Å². The highest BCUT2D eigenvalue weighted by Gasteiger charge is 2.07. The third-order valence-corrected chi connectivity index (χ3v) is 3.72. The lowest BCUT2D eigenvalue weighted by Crippen LogP contribution is -2.38. The maximum absolute atomic E-state index is 12.0. The minimum atomic E-state index is -0.182. The number of urea groups is 1. The van der Waals surface area contributed by atoms with Crippen molar-refractivity contribution in [1.82, 2.24) is 35.2 Å². The van der Waals surface area contributed by atoms with E-state index in [0.29, 0.717) is 19.0 Å². The molecule has 0 bridgehead atoms. The number of carbonyl (C=O) groups is 1. The Morgan fingerprint density at radius 1 is 1.24 bits per heavy atom. The summed E-state index contributed by atoms with van der Waals surface area (Å²) >= 11 is 0. The van der Waals surface area contributed by atoms with Gasteiger partial charge in [0.25, 0.3) is 0 Å². The number of nitrogens with zero attached hydrogens (tertiary/aromatic N) is 5. The fourth-order valence-electron chi connectivity index (χ4n) is 2.45. The smallest absolute Gasteiger partial charge is 0.315 e. The summed E-state index contributed by atoms with van der Waals surface area (Å²) in [5.74, 6) is 0.293. The number of hydrogen-bond donors (Lipinski definition) is 2. The minimum Gasteiger partial charge on any atom is -0.338 e. The molecular formula is C17H21N7O. The van der Waals surface area contributed by atoms with Crippen LogP contribution in [0.15, 0.2) is 55.4 Å². The molecular weight excluding hydrogens is 318 g/mol. The van der Waals surface area contributed by atoms with Crippen molar-refractivity contribution in [3.63, 3.8) is 0 Å². The van der Waals surface area contributed by atoms with Crippen molar-refractivity contribution in [2.24, 2.45) is 5.92 Å². The van der Waals surface area contributed by atoms with Gasteiger partial charge in [0.2, 0.25) is 0 Å². The minimum absolute atomic E-state index is 0.182. The molecule has 8 heteroatoms. The number of carbonyl (C=O) groups excluding carboxylic acids is 1. The molecule has 130 valence electrons. The first kappa shape index (κ1) is 16.7. The Balaban J connectivity index is 1.44. The van der Waals surface area contributed by atoms with E-state index >= 15 is 0 Å². The van der Waals surface area contributed by atoms with E-state index in [9.17, 15) is 4.79 Å². The fraction of sp³-hybridized carbons (Fsp3) is 0.294. The van der Waals surface area contributed by atoms with Crippen molar-refractivity contribution in [3.05, 3.63) is 60.9 Å². The van der Waals surface area contributed by atoms with E-state index in [4.69, 9.17) is 0 Å². The van der Waals surface area contributed by atoms with E-state index in [1.165, 1.54) is 6.33 Å². The molecule has 2 aromatic heterocycles. The van der Waals surface area contributed by atoms with Gasteiger partial charge < -0.3 is 10.6 Å². The van der Waals surface area contributed by atoms with Crippen molar-refractivity contribution in [2.45, 2.75) is 20.0 Å². The molecule has 0 radical (unpaired) electrons. The molecule has 2 N–H and O–H groups in total. The summed E-state index contributed by atoms with van der Waals surface area (Å²) in [7, 11) is 0. The van der Waals surface area contributed by atoms with Gasteiger partial charge in [-0.05, 0) is 29.7 Å². The number of rotatable bonds is 7. The molecule has 0 aliphatic heterocycles. The Morgan fingerprint density at radius 2 is 2.16 bits per heavy atom. The molecule has 1 atom stereocenters. The van der Waals surface area contributed by atoms with Gasteiger partial charge in [-0.1, -0.05) is 19.1 Å². The number of aromatic nitrogens is 5. The zero-order valence-corrected chi connectivity index (χ0v) is 14.0. The maximum Gasteiger partial charge on any atom is 0.315 e. The number of nitrogens with one attached hydrogen (secondary N) is 2. The lowest BCUT2D eigenvalue weighted by atomic mass is 10.2. The topological polar surface area (TPSA) is 89.7 Å². The van der Waals surface area contributed by atoms with Crippen LogP contribution in [-0.2, 0) is 13.1 Å². The third kappa shape index (κ3) is 4.90. The number of hydrogen-bond acceptors (Lipinski definition) is 4. The molecule has 3 rings (SSSR count). The summed E-state index contributed by atoms with van der Waals surface area (Å²) in [5.41, 5.74) is 1.90. The second-order valence-electron chi connectivity index (χ2n) is 5.91. The summed E-state index contributed by atoms with van der Waals surface area (Å²) in [6.07, 6.45) is 6.79. The van der Waals surface area contributed by atoms with Crippen molar-refractivity contribution in [1.29, 1.82) is 0 Å². The van der Waals surface area contributed by atoms with Crippen LogP contribution in [0.25, 0.3) is 5.69 Å². The molecule has 0 saturated heterocycles. The van der Waals surface area contributed by atoms with Crippen LogP contribution in [0.3, 0.4) is 0 Å². The van der Waals surface area contributed by atoms with E-state index in [1.807, 2.05) is 41.2 Å². The van der Waals surface area contributed by atoms with E-state index in [-0.39, 0.29) is 6.03 Å². The zero-order chi connectivity index (χ0) is 17.5. The van der Waals surface area contributed by atoms with Crippen LogP contribution in [0.1, 0.15) is 12.5 Å². The summed E-state index contributed by atoms with van der Waals surface area (Å²) in [5, 5.41) is 14.0. The molecule has 8 nitrogen and oxygen atoms in total. The van der Waals surface area contributed by atoms with Gasteiger partial charge in [-0.3, -0.25) is 4.68 Å². The lowest BCUT2D eigenvalue weighted by Gasteiger charge is -2.13. The van der Waals surface area contributed by atoms with Crippen LogP contribution in [0.4, 0.5) is 4.79 Å². The SMILES string of the molecule is C[C@H](CNC(=O)NCc1cccc(-n2cncn2)c1)Cn1cccn1. The molecule has 0 fully saturated rings. The lowest BCUT2D eigenvalue weighted by molar-refractivity contribution is 0.238. The molecule has 25 heavy (non-hydrogen) atoms. The molecule has 3 aromatic rings. The Hall–Kier alpha value is -3.16. The first-order valence-corrected chi connectivity index (χ1v) is 8.14. The Bertz CT molecular complexity index is 783. The molecule has 2 amide bonds. The second-order valence-corrected chi connectivity index (χ2v) is 5.91. The van der Waals surface area contributed by atoms with Gasteiger partial charge in [-0.15, -0.1) is 0 Å². The van der Waals surface area contributed by atoms with Gasteiger partial charge >= 0.3 is 6.03 Å². The molecule has 0 aliphatic carbocycles. The third-order valence-electron chi connectivity index (χ3n) is 3.72. The molecule has 0 aliphatic rings. The van der Waals surface area contributed by atoms with Crippen LogP contribution >= 0.6 is 0 Å². The Kier molecular flexibility index (Phi) is 5.40. The zero-order valence-electron chi connectivity index (χ0n) is 14.0. The second kappa shape index (κ2) is 8.09. The molecule has 0 saturated carbocycles. The highest BCUT2D eigenvalue weighted by molar-refractivity contribution is 5.73. The maximum atomic E-state index is 12.0. The van der Waals surface area contributed by atoms with Crippen molar-refractivity contribution in [3.8, 4) is 5.69 Å². The Morgan fingerprint density at radius 3 is 2.92 bits per heavy atom. The van der Waals surface area contributed by atoms with Crippen LogP contribution < -0.4 is 10.6 Å². The predicted octanol–water partition coefficient (Wildman–Crippen LogP) is 1.60. The van der Waals surface area contributed by atoms with E-state index in [2.05, 4.69) is 32.7 Å². The normalized spacial score (nSPS) is 11.9. The summed E-state index contributed by atoms with van der Waals surface area (Å²) in [4.78, 5) is 15.9. The quantitative estimate of drug-likeness (QED) is 0.684. The van der Waals surface area contributed by atoms with Crippen LogP contribution in [0.5, 0.6) is 0 Å². The fourth-order valence-corrected chi connectivity index (χ4v) is 2.45. The van der Waals surface area contributed by atoms with Crippen molar-refractivity contribution in [2.75, 3.05) is 6.54 Å². The molecule has 1 aromatic carbocycles. The first-order valence-electron chi connectivity index (χ1n) is 8.14. The molecule has 0 unspecified atom stereocenters. The van der Waals surface area contributed by atoms with Crippen molar-refractivity contribution >= 4 is 6.03 Å². The number of benzene rings is 1. The van der Waals surface area contributed by atoms with Gasteiger partial charge in [0.15, 0.2) is 0 Å². The number of amides is 2. The van der Waals surface area contributed by atoms with Gasteiger partial charge in [0.1, 0.15) is 12.7 Å².